The lowest BCUT2D eigenvalue weighted by atomic mass is 10.1. The van der Waals surface area contributed by atoms with Crippen LogP contribution in [-0.4, -0.2) is 23.3 Å². The first kappa shape index (κ1) is 18.3. The summed E-state index contributed by atoms with van der Waals surface area (Å²) in [5.74, 6) is -0.145. The van der Waals surface area contributed by atoms with Gasteiger partial charge in [0.1, 0.15) is 0 Å². The van der Waals surface area contributed by atoms with Crippen molar-refractivity contribution in [2.45, 2.75) is 20.3 Å². The topological polar surface area (TPSA) is 71.1 Å². The van der Waals surface area contributed by atoms with Gasteiger partial charge in [-0.2, -0.15) is 0 Å². The number of carbonyl (C=O) groups excluding carboxylic acids is 2. The van der Waals surface area contributed by atoms with E-state index in [1.807, 2.05) is 48.7 Å². The van der Waals surface area contributed by atoms with Gasteiger partial charge in [-0.15, -0.1) is 22.7 Å². The van der Waals surface area contributed by atoms with E-state index in [9.17, 15) is 9.59 Å². The van der Waals surface area contributed by atoms with Gasteiger partial charge in [-0.05, 0) is 31.0 Å². The molecule has 0 bridgehead atoms. The number of nitrogens with zero attached hydrogens (tertiary/aromatic N) is 1. The van der Waals surface area contributed by atoms with Gasteiger partial charge in [-0.25, -0.2) is 4.98 Å². The van der Waals surface area contributed by atoms with Crippen molar-refractivity contribution >= 4 is 39.6 Å². The number of benzene rings is 1. The van der Waals surface area contributed by atoms with Gasteiger partial charge >= 0.3 is 0 Å². The highest BCUT2D eigenvalue weighted by Gasteiger charge is 2.11. The van der Waals surface area contributed by atoms with E-state index < -0.39 is 0 Å². The summed E-state index contributed by atoms with van der Waals surface area (Å²) in [6, 6.07) is 11.8. The summed E-state index contributed by atoms with van der Waals surface area (Å²) in [4.78, 5) is 29.4. The molecule has 0 fully saturated rings. The number of carbonyl (C=O) groups is 2. The highest BCUT2D eigenvalue weighted by atomic mass is 32.1. The second-order valence-electron chi connectivity index (χ2n) is 5.83. The number of hydrogen-bond acceptors (Lipinski definition) is 5. The second-order valence-corrected chi connectivity index (χ2v) is 7.98. The van der Waals surface area contributed by atoms with E-state index in [0.717, 1.165) is 28.1 Å². The van der Waals surface area contributed by atoms with E-state index in [-0.39, 0.29) is 11.8 Å². The third-order valence-electron chi connectivity index (χ3n) is 3.73. The minimum Gasteiger partial charge on any atom is -0.356 e. The zero-order valence-corrected chi connectivity index (χ0v) is 16.2. The van der Waals surface area contributed by atoms with Crippen LogP contribution in [0, 0.1) is 6.92 Å². The molecule has 134 valence electrons. The zero-order chi connectivity index (χ0) is 18.5. The molecule has 0 aliphatic heterocycles. The lowest BCUT2D eigenvalue weighted by Gasteiger charge is -2.04. The third-order valence-corrected chi connectivity index (χ3v) is 5.48. The number of thiazole rings is 1. The maximum Gasteiger partial charge on any atom is 0.267 e. The first-order valence-corrected chi connectivity index (χ1v) is 9.88. The van der Waals surface area contributed by atoms with Crippen LogP contribution < -0.4 is 10.6 Å². The van der Waals surface area contributed by atoms with Gasteiger partial charge in [0, 0.05) is 29.3 Å². The van der Waals surface area contributed by atoms with Crippen molar-refractivity contribution in [2.75, 3.05) is 11.9 Å². The molecule has 3 rings (SSSR count). The van der Waals surface area contributed by atoms with E-state index in [1.165, 1.54) is 29.6 Å². The van der Waals surface area contributed by atoms with Crippen LogP contribution >= 0.6 is 22.7 Å². The predicted octanol–water partition coefficient (Wildman–Crippen LogP) is 4.11. The van der Waals surface area contributed by atoms with Crippen LogP contribution in [0.25, 0.3) is 11.3 Å². The minimum atomic E-state index is -0.127. The Hall–Kier alpha value is -2.51. The molecule has 0 unspecified atom stereocenters. The Bertz CT molecular complexity index is 913. The van der Waals surface area contributed by atoms with Crippen molar-refractivity contribution in [1.29, 1.82) is 0 Å². The number of amides is 2. The minimum absolute atomic E-state index is 0.0172. The fourth-order valence-electron chi connectivity index (χ4n) is 2.40. The number of anilines is 1. The quantitative estimate of drug-likeness (QED) is 0.671. The van der Waals surface area contributed by atoms with Crippen molar-refractivity contribution in [1.82, 2.24) is 10.3 Å². The lowest BCUT2D eigenvalue weighted by Crippen LogP contribution is -2.22. The molecule has 0 radical (unpaired) electrons. The smallest absolute Gasteiger partial charge is 0.267 e. The molecule has 0 saturated heterocycles. The summed E-state index contributed by atoms with van der Waals surface area (Å²) in [6.07, 6.45) is 0.790. The lowest BCUT2D eigenvalue weighted by molar-refractivity contribution is -0.118. The van der Waals surface area contributed by atoms with Crippen LogP contribution in [0.15, 0.2) is 41.8 Å². The molecular weight excluding hydrogens is 366 g/mol. The number of thiophene rings is 1. The Morgan fingerprint density at radius 2 is 1.88 bits per heavy atom. The number of hydrogen-bond donors (Lipinski definition) is 2. The van der Waals surface area contributed by atoms with Gasteiger partial charge in [-0.3, -0.25) is 14.9 Å². The van der Waals surface area contributed by atoms with Gasteiger partial charge < -0.3 is 5.32 Å². The van der Waals surface area contributed by atoms with Gasteiger partial charge in [0.25, 0.3) is 5.91 Å². The summed E-state index contributed by atoms with van der Waals surface area (Å²) in [5, 5.41) is 8.16. The highest BCUT2D eigenvalue weighted by molar-refractivity contribution is 7.15. The fourth-order valence-corrected chi connectivity index (χ4v) is 3.88. The Labute approximate surface area is 160 Å². The van der Waals surface area contributed by atoms with Gasteiger partial charge in [0.2, 0.25) is 5.91 Å². The molecule has 0 aliphatic carbocycles. The summed E-state index contributed by atoms with van der Waals surface area (Å²) in [6.45, 7) is 4.12. The molecule has 5 nitrogen and oxygen atoms in total. The molecule has 0 spiro atoms. The number of nitrogens with one attached hydrogen (secondary N) is 2. The summed E-state index contributed by atoms with van der Waals surface area (Å²) >= 11 is 2.88. The Kier molecular flexibility index (Phi) is 5.80. The van der Waals surface area contributed by atoms with Gasteiger partial charge in [0.15, 0.2) is 5.13 Å². The van der Waals surface area contributed by atoms with E-state index in [0.29, 0.717) is 16.6 Å². The van der Waals surface area contributed by atoms with Crippen molar-refractivity contribution in [3.05, 3.63) is 57.1 Å². The third kappa shape index (κ3) is 4.77. The Morgan fingerprint density at radius 3 is 2.54 bits per heavy atom. The monoisotopic (exact) mass is 385 g/mol. The largest absolute Gasteiger partial charge is 0.356 e. The van der Waals surface area contributed by atoms with Gasteiger partial charge in [0.05, 0.1) is 10.6 Å². The maximum atomic E-state index is 12.2. The van der Waals surface area contributed by atoms with E-state index >= 15 is 0 Å². The van der Waals surface area contributed by atoms with E-state index in [2.05, 4.69) is 15.6 Å². The molecule has 2 aromatic heterocycles. The molecule has 3 aromatic rings. The van der Waals surface area contributed by atoms with Crippen molar-refractivity contribution in [2.24, 2.45) is 0 Å². The van der Waals surface area contributed by atoms with E-state index in [4.69, 9.17) is 0 Å². The first-order chi connectivity index (χ1) is 12.5. The fraction of sp³-hybridized carbons (Fsp3) is 0.211. The average molecular weight is 386 g/mol. The van der Waals surface area contributed by atoms with Crippen molar-refractivity contribution < 1.29 is 9.59 Å². The first-order valence-electron chi connectivity index (χ1n) is 8.18. The summed E-state index contributed by atoms with van der Waals surface area (Å²) in [5.41, 5.74) is 2.98. The molecule has 2 amide bonds. The highest BCUT2D eigenvalue weighted by Crippen LogP contribution is 2.26. The molecule has 0 saturated carbocycles. The molecular formula is C19H19N3O2S2. The van der Waals surface area contributed by atoms with Crippen LogP contribution in [-0.2, 0) is 11.2 Å². The molecule has 0 atom stereocenters. The Morgan fingerprint density at radius 1 is 1.12 bits per heavy atom. The van der Waals surface area contributed by atoms with Gasteiger partial charge in [-0.1, -0.05) is 24.3 Å². The SMILES string of the molecule is CC(=O)NCCc1ccc(-c2csc(NC(=O)c3ccc(C)s3)n2)cc1. The van der Waals surface area contributed by atoms with Crippen LogP contribution in [0.2, 0.25) is 0 Å². The number of rotatable bonds is 6. The molecule has 7 heteroatoms. The molecule has 0 aliphatic rings. The van der Waals surface area contributed by atoms with Crippen LogP contribution in [0.1, 0.15) is 27.0 Å². The maximum absolute atomic E-state index is 12.2. The normalized spacial score (nSPS) is 10.5. The number of aryl methyl sites for hydroxylation is 1. The van der Waals surface area contributed by atoms with E-state index in [1.54, 1.807) is 0 Å². The van der Waals surface area contributed by atoms with Crippen molar-refractivity contribution in [3.63, 3.8) is 0 Å². The van der Waals surface area contributed by atoms with Crippen molar-refractivity contribution in [3.8, 4) is 11.3 Å². The molecule has 2 heterocycles. The summed E-state index contributed by atoms with van der Waals surface area (Å²) < 4.78 is 0. The number of aromatic nitrogens is 1. The second kappa shape index (κ2) is 8.25. The molecule has 1 aromatic carbocycles. The molecule has 26 heavy (non-hydrogen) atoms. The molecule has 2 N–H and O–H groups in total. The van der Waals surface area contributed by atoms with Crippen LogP contribution in [0.4, 0.5) is 5.13 Å². The zero-order valence-electron chi connectivity index (χ0n) is 14.5. The standard InChI is InChI=1S/C19H19N3O2S2/c1-12-3-8-17(26-12)18(24)22-19-21-16(11-25-19)15-6-4-14(5-7-15)9-10-20-13(2)23/h3-8,11H,9-10H2,1-2H3,(H,20,23)(H,21,22,24). The van der Waals surface area contributed by atoms with Crippen LogP contribution in [0.5, 0.6) is 0 Å². The predicted molar refractivity (Wildman–Crippen MR) is 107 cm³/mol. The Balaban J connectivity index is 1.62. The summed E-state index contributed by atoms with van der Waals surface area (Å²) in [7, 11) is 0. The van der Waals surface area contributed by atoms with Crippen LogP contribution in [0.3, 0.4) is 0 Å². The average Bonchev–Trinajstić information content (AvgIpc) is 3.24.